The van der Waals surface area contributed by atoms with Crippen LogP contribution >= 0.6 is 0 Å². The fraction of sp³-hybridized carbons (Fsp3) is 0.500. The van der Waals surface area contributed by atoms with Gasteiger partial charge in [0.25, 0.3) is 5.69 Å². The Morgan fingerprint density at radius 1 is 1.12 bits per heavy atom. The molecule has 0 spiro atoms. The summed E-state index contributed by atoms with van der Waals surface area (Å²) < 4.78 is 0. The standard InChI is InChI=1S/C22H28N6O4/c1-2-23-22(25-10-9-24-16-5-3-4-6-17(16)28(31)32)26-11-12-27-20(29)18-14-7-8-15(13-14)19(18)21(27)30/h3-8,14-15,18-19,24H,2,9-13H2,1H3,(H2,23,25,26). The largest absolute Gasteiger partial charge is 0.378 e. The Morgan fingerprint density at radius 2 is 1.81 bits per heavy atom. The molecule has 4 unspecified atom stereocenters. The number of nitro groups is 1. The summed E-state index contributed by atoms with van der Waals surface area (Å²) in [5.74, 6) is 0.555. The summed E-state index contributed by atoms with van der Waals surface area (Å²) in [6, 6.07) is 6.47. The van der Waals surface area contributed by atoms with Crippen molar-refractivity contribution in [2.75, 3.05) is 38.0 Å². The predicted octanol–water partition coefficient (Wildman–Crippen LogP) is 1.37. The summed E-state index contributed by atoms with van der Waals surface area (Å²) in [6.07, 6.45) is 5.11. The van der Waals surface area contributed by atoms with Gasteiger partial charge in [-0.3, -0.25) is 29.6 Å². The average molecular weight is 441 g/mol. The highest BCUT2D eigenvalue weighted by atomic mass is 16.6. The van der Waals surface area contributed by atoms with E-state index in [9.17, 15) is 19.7 Å². The van der Waals surface area contributed by atoms with Crippen LogP contribution in [-0.2, 0) is 9.59 Å². The van der Waals surface area contributed by atoms with Gasteiger partial charge in [-0.15, -0.1) is 0 Å². The number of nitrogens with one attached hydrogen (secondary N) is 3. The van der Waals surface area contributed by atoms with Gasteiger partial charge < -0.3 is 16.0 Å². The molecule has 2 amide bonds. The number of carbonyl (C=O) groups is 2. The molecule has 1 saturated heterocycles. The molecule has 1 aromatic rings. The van der Waals surface area contributed by atoms with E-state index in [1.807, 2.05) is 6.92 Å². The second-order valence-corrected chi connectivity index (χ2v) is 8.22. The highest BCUT2D eigenvalue weighted by Crippen LogP contribution is 2.52. The summed E-state index contributed by atoms with van der Waals surface area (Å²) in [5.41, 5.74) is 0.473. The van der Waals surface area contributed by atoms with Crippen molar-refractivity contribution in [2.24, 2.45) is 28.7 Å². The van der Waals surface area contributed by atoms with E-state index in [0.717, 1.165) is 6.42 Å². The molecule has 0 radical (unpaired) electrons. The molecule has 10 heteroatoms. The molecule has 170 valence electrons. The third-order valence-corrected chi connectivity index (χ3v) is 6.33. The van der Waals surface area contributed by atoms with Crippen molar-refractivity contribution in [3.63, 3.8) is 0 Å². The first-order chi connectivity index (χ1) is 15.5. The molecule has 0 aromatic heterocycles. The van der Waals surface area contributed by atoms with Gasteiger partial charge in [-0.1, -0.05) is 24.3 Å². The minimum atomic E-state index is -0.423. The molecule has 1 saturated carbocycles. The lowest BCUT2D eigenvalue weighted by Crippen LogP contribution is -2.43. The van der Waals surface area contributed by atoms with Crippen molar-refractivity contribution < 1.29 is 14.5 Å². The number of imide groups is 1. The van der Waals surface area contributed by atoms with Crippen molar-refractivity contribution in [1.82, 2.24) is 15.5 Å². The molecule has 1 heterocycles. The number of likely N-dealkylation sites (tertiary alicyclic amines) is 1. The zero-order chi connectivity index (χ0) is 22.7. The predicted molar refractivity (Wildman–Crippen MR) is 120 cm³/mol. The SMILES string of the molecule is CCNC(=NCCNc1ccccc1[N+](=O)[O-])NCCN1C(=O)C2C3C=CC(C3)C2C1=O. The highest BCUT2D eigenvalue weighted by Gasteiger charge is 2.58. The number of rotatable bonds is 9. The van der Waals surface area contributed by atoms with E-state index in [1.54, 1.807) is 18.2 Å². The maximum atomic E-state index is 12.8. The third kappa shape index (κ3) is 4.17. The molecule has 1 aromatic carbocycles. The van der Waals surface area contributed by atoms with Gasteiger partial charge in [-0.25, -0.2) is 0 Å². The van der Waals surface area contributed by atoms with E-state index in [-0.39, 0.29) is 41.2 Å². The van der Waals surface area contributed by atoms with Crippen molar-refractivity contribution in [1.29, 1.82) is 0 Å². The Morgan fingerprint density at radius 3 is 2.47 bits per heavy atom. The summed E-state index contributed by atoms with van der Waals surface area (Å²) in [7, 11) is 0. The minimum absolute atomic E-state index is 0.0230. The normalized spacial score (nSPS) is 25.9. The van der Waals surface area contributed by atoms with E-state index < -0.39 is 4.92 Å². The number of aliphatic imine (C=N–C) groups is 1. The van der Waals surface area contributed by atoms with Gasteiger partial charge in [0.15, 0.2) is 5.96 Å². The number of benzene rings is 1. The molecule has 3 N–H and O–H groups in total. The van der Waals surface area contributed by atoms with Crippen LogP contribution in [0.5, 0.6) is 0 Å². The molecule has 4 rings (SSSR count). The van der Waals surface area contributed by atoms with Crippen LogP contribution in [0.4, 0.5) is 11.4 Å². The van der Waals surface area contributed by atoms with Gasteiger partial charge in [-0.05, 0) is 31.2 Å². The lowest BCUT2D eigenvalue weighted by Gasteiger charge is -2.18. The van der Waals surface area contributed by atoms with Crippen LogP contribution in [0.2, 0.25) is 0 Å². The lowest BCUT2D eigenvalue weighted by atomic mass is 9.85. The van der Waals surface area contributed by atoms with E-state index in [0.29, 0.717) is 44.4 Å². The smallest absolute Gasteiger partial charge is 0.292 e. The van der Waals surface area contributed by atoms with Crippen molar-refractivity contribution in [3.8, 4) is 0 Å². The maximum absolute atomic E-state index is 12.8. The molecule has 4 atom stereocenters. The summed E-state index contributed by atoms with van der Waals surface area (Å²) in [6.45, 7) is 4.13. The van der Waals surface area contributed by atoms with Crippen LogP contribution in [0, 0.1) is 33.8 Å². The Labute approximate surface area is 186 Å². The zero-order valence-corrected chi connectivity index (χ0v) is 18.0. The lowest BCUT2D eigenvalue weighted by molar-refractivity contribution is -0.384. The van der Waals surface area contributed by atoms with Gasteiger partial charge in [0.05, 0.1) is 23.3 Å². The fourth-order valence-electron chi connectivity index (χ4n) is 4.95. The van der Waals surface area contributed by atoms with Crippen molar-refractivity contribution in [3.05, 3.63) is 46.5 Å². The zero-order valence-electron chi connectivity index (χ0n) is 18.0. The fourth-order valence-corrected chi connectivity index (χ4v) is 4.95. The van der Waals surface area contributed by atoms with E-state index in [2.05, 4.69) is 33.1 Å². The number of carbonyl (C=O) groups excluding carboxylic acids is 2. The number of para-hydroxylation sites is 2. The maximum Gasteiger partial charge on any atom is 0.292 e. The van der Waals surface area contributed by atoms with Crippen molar-refractivity contribution >= 4 is 29.1 Å². The topological polar surface area (TPSA) is 129 Å². The highest BCUT2D eigenvalue weighted by molar-refractivity contribution is 6.06. The Kier molecular flexibility index (Phi) is 6.38. The number of nitro benzene ring substituents is 1. The number of hydrogen-bond acceptors (Lipinski definition) is 6. The van der Waals surface area contributed by atoms with Crippen LogP contribution < -0.4 is 16.0 Å². The molecular weight excluding hydrogens is 412 g/mol. The van der Waals surface area contributed by atoms with Crippen LogP contribution in [0.15, 0.2) is 41.4 Å². The number of guanidine groups is 1. The first-order valence-corrected chi connectivity index (χ1v) is 11.0. The first kappa shape index (κ1) is 21.8. The van der Waals surface area contributed by atoms with Crippen LogP contribution in [-0.4, -0.2) is 60.3 Å². The van der Waals surface area contributed by atoms with Gasteiger partial charge in [0, 0.05) is 32.2 Å². The average Bonchev–Trinajstić information content (AvgIpc) is 3.46. The third-order valence-electron chi connectivity index (χ3n) is 6.33. The molecule has 3 aliphatic rings. The minimum Gasteiger partial charge on any atom is -0.378 e. The monoisotopic (exact) mass is 440 g/mol. The summed E-state index contributed by atoms with van der Waals surface area (Å²) >= 11 is 0. The molecule has 10 nitrogen and oxygen atoms in total. The van der Waals surface area contributed by atoms with Gasteiger partial charge in [0.1, 0.15) is 5.69 Å². The Hall–Kier alpha value is -3.43. The molecular formula is C22H28N6O4. The number of allylic oxidation sites excluding steroid dienone is 2. The van der Waals surface area contributed by atoms with Crippen molar-refractivity contribution in [2.45, 2.75) is 13.3 Å². The number of nitrogens with zero attached hydrogens (tertiary/aromatic N) is 3. The van der Waals surface area contributed by atoms with Crippen LogP contribution in [0.3, 0.4) is 0 Å². The van der Waals surface area contributed by atoms with Crippen LogP contribution in [0.1, 0.15) is 13.3 Å². The first-order valence-electron chi connectivity index (χ1n) is 11.0. The molecule has 32 heavy (non-hydrogen) atoms. The van der Waals surface area contributed by atoms with Gasteiger partial charge >= 0.3 is 0 Å². The molecule has 2 aliphatic carbocycles. The van der Waals surface area contributed by atoms with E-state index in [4.69, 9.17) is 0 Å². The molecule has 2 bridgehead atoms. The van der Waals surface area contributed by atoms with Gasteiger partial charge in [0.2, 0.25) is 11.8 Å². The van der Waals surface area contributed by atoms with Gasteiger partial charge in [-0.2, -0.15) is 0 Å². The van der Waals surface area contributed by atoms with E-state index >= 15 is 0 Å². The van der Waals surface area contributed by atoms with Crippen LogP contribution in [0.25, 0.3) is 0 Å². The number of hydrogen-bond donors (Lipinski definition) is 3. The molecule has 1 aliphatic heterocycles. The quantitative estimate of drug-likeness (QED) is 0.101. The summed E-state index contributed by atoms with van der Waals surface area (Å²) in [5, 5.41) is 20.4. The number of anilines is 1. The second kappa shape index (κ2) is 9.37. The molecule has 2 fully saturated rings. The Bertz CT molecular complexity index is 931. The summed E-state index contributed by atoms with van der Waals surface area (Å²) in [4.78, 5) is 42.0. The Balaban J connectivity index is 1.26. The number of amides is 2. The second-order valence-electron chi connectivity index (χ2n) is 8.22. The number of fused-ring (bicyclic) bond motifs is 5. The van der Waals surface area contributed by atoms with E-state index in [1.165, 1.54) is 11.0 Å².